The van der Waals surface area contributed by atoms with Crippen LogP contribution in [0, 0.1) is 5.92 Å². The molecule has 0 aliphatic carbocycles. The highest BCUT2D eigenvalue weighted by atomic mass is 31.1. The fourth-order valence-corrected chi connectivity index (χ4v) is 2.67. The Balaban J connectivity index is 2.44. The van der Waals surface area contributed by atoms with E-state index in [0.717, 1.165) is 0 Å². The number of rotatable bonds is 2. The fourth-order valence-electron chi connectivity index (χ4n) is 1.40. The Hall–Kier alpha value is -0.290. The largest absolute Gasteiger partial charge is 0.367 e. The van der Waals surface area contributed by atoms with Gasteiger partial charge in [-0.15, -0.1) is 0 Å². The highest BCUT2D eigenvalue weighted by Crippen LogP contribution is 2.26. The van der Waals surface area contributed by atoms with Crippen LogP contribution in [0.3, 0.4) is 0 Å². The molecule has 1 fully saturated rings. The zero-order valence-corrected chi connectivity index (χ0v) is 9.11. The third-order valence-corrected chi connectivity index (χ3v) is 4.11. The maximum Gasteiger partial charge on any atom is 0.123 e. The van der Waals surface area contributed by atoms with Gasteiger partial charge in [0.2, 0.25) is 0 Å². The van der Waals surface area contributed by atoms with Crippen LogP contribution in [-0.4, -0.2) is 36.6 Å². The topological polar surface area (TPSA) is 3.24 Å². The summed E-state index contributed by atoms with van der Waals surface area (Å²) >= 11 is 0. The summed E-state index contributed by atoms with van der Waals surface area (Å²) in [7, 11) is 0.105. The predicted molar refractivity (Wildman–Crippen MR) is 59.3 cm³/mol. The van der Waals surface area contributed by atoms with E-state index in [-0.39, 0.29) is 7.55 Å². The Labute approximate surface area is 76.8 Å². The van der Waals surface area contributed by atoms with Crippen LogP contribution in [0.15, 0.2) is 12.3 Å². The maximum absolute atomic E-state index is 4.14. The van der Waals surface area contributed by atoms with Gasteiger partial charge in [0.1, 0.15) is 12.3 Å². The van der Waals surface area contributed by atoms with E-state index in [1.807, 2.05) is 0 Å². The van der Waals surface area contributed by atoms with Crippen molar-refractivity contribution in [3.63, 3.8) is 0 Å². The lowest BCUT2D eigenvalue weighted by atomic mass is 10.1. The van der Waals surface area contributed by atoms with Crippen molar-refractivity contribution < 1.29 is 0 Å². The fraction of sp³-hybridized carbons (Fsp3) is 0.700. The first-order valence-corrected chi connectivity index (χ1v) is 6.50. The summed E-state index contributed by atoms with van der Waals surface area (Å²) in [6.45, 7) is 10.9. The third-order valence-electron chi connectivity index (χ3n) is 2.44. The standard InChI is InChI=1S/C10H19NP/c1-9(2)10(3)11-5-7-12(4)8-6-11/h9H,3-8H2,1-2H3/q+1. The lowest BCUT2D eigenvalue weighted by Gasteiger charge is -2.29. The van der Waals surface area contributed by atoms with Gasteiger partial charge < -0.3 is 4.90 Å². The normalized spacial score (nSPS) is 18.6. The summed E-state index contributed by atoms with van der Waals surface area (Å²) in [4.78, 5) is 2.43. The van der Waals surface area contributed by atoms with Crippen LogP contribution in [0.5, 0.6) is 0 Å². The minimum atomic E-state index is 0.105. The van der Waals surface area contributed by atoms with E-state index in [1.54, 1.807) is 0 Å². The molecule has 1 rings (SSSR count). The Morgan fingerprint density at radius 3 is 2.25 bits per heavy atom. The summed E-state index contributed by atoms with van der Waals surface area (Å²) in [6.07, 6.45) is 6.73. The molecule has 0 amide bonds. The summed E-state index contributed by atoms with van der Waals surface area (Å²) < 4.78 is 0. The van der Waals surface area contributed by atoms with Gasteiger partial charge in [-0.25, -0.2) is 0 Å². The molecule has 0 spiro atoms. The molecule has 0 unspecified atom stereocenters. The number of hydrogen-bond acceptors (Lipinski definition) is 1. The molecule has 68 valence electrons. The number of allylic oxidation sites excluding steroid dienone is 1. The maximum atomic E-state index is 4.14. The lowest BCUT2D eigenvalue weighted by molar-refractivity contribution is 0.343. The van der Waals surface area contributed by atoms with Crippen LogP contribution in [-0.2, 0) is 0 Å². The summed E-state index contributed by atoms with van der Waals surface area (Å²) in [5, 5.41) is 0. The quantitative estimate of drug-likeness (QED) is 0.595. The van der Waals surface area contributed by atoms with Gasteiger partial charge >= 0.3 is 0 Å². The highest BCUT2D eigenvalue weighted by Gasteiger charge is 2.21. The van der Waals surface area contributed by atoms with E-state index in [4.69, 9.17) is 0 Å². The van der Waals surface area contributed by atoms with Crippen LogP contribution < -0.4 is 0 Å². The molecule has 1 heterocycles. The molecule has 0 aromatic rings. The molecule has 0 atom stereocenters. The number of nitrogens with zero attached hydrogens (tertiary/aromatic N) is 1. The second-order valence-electron chi connectivity index (χ2n) is 3.75. The Morgan fingerprint density at radius 1 is 1.33 bits per heavy atom. The molecule has 0 aromatic carbocycles. The molecule has 12 heavy (non-hydrogen) atoms. The lowest BCUT2D eigenvalue weighted by Crippen LogP contribution is -2.33. The minimum Gasteiger partial charge on any atom is -0.367 e. The van der Waals surface area contributed by atoms with E-state index in [1.165, 1.54) is 31.1 Å². The van der Waals surface area contributed by atoms with Crippen molar-refractivity contribution in [2.24, 2.45) is 5.92 Å². The molecule has 0 N–H and O–H groups in total. The molecule has 1 saturated heterocycles. The first kappa shape index (κ1) is 9.80. The van der Waals surface area contributed by atoms with E-state index in [0.29, 0.717) is 5.92 Å². The second kappa shape index (κ2) is 4.09. The van der Waals surface area contributed by atoms with Crippen molar-refractivity contribution >= 4 is 13.8 Å². The van der Waals surface area contributed by atoms with Gasteiger partial charge in [-0.1, -0.05) is 20.4 Å². The zero-order valence-electron chi connectivity index (χ0n) is 8.21. The van der Waals surface area contributed by atoms with Crippen molar-refractivity contribution in [2.75, 3.05) is 25.4 Å². The summed E-state index contributed by atoms with van der Waals surface area (Å²) in [5.74, 6) is 0.596. The van der Waals surface area contributed by atoms with Crippen LogP contribution in [0.1, 0.15) is 13.8 Å². The van der Waals surface area contributed by atoms with Crippen molar-refractivity contribution in [3.05, 3.63) is 12.3 Å². The molecule has 0 aromatic heterocycles. The van der Waals surface area contributed by atoms with E-state index >= 15 is 0 Å². The first-order chi connectivity index (χ1) is 5.61. The molecular weight excluding hydrogens is 165 g/mol. The minimum absolute atomic E-state index is 0.105. The second-order valence-corrected chi connectivity index (χ2v) is 5.99. The van der Waals surface area contributed by atoms with Crippen molar-refractivity contribution in [1.29, 1.82) is 0 Å². The number of hydrogen-bond donors (Lipinski definition) is 0. The van der Waals surface area contributed by atoms with Crippen LogP contribution in [0.2, 0.25) is 0 Å². The Bertz CT molecular complexity index is 186. The van der Waals surface area contributed by atoms with E-state index in [9.17, 15) is 0 Å². The van der Waals surface area contributed by atoms with Crippen LogP contribution in [0.25, 0.3) is 0 Å². The predicted octanol–water partition coefficient (Wildman–Crippen LogP) is 2.39. The van der Waals surface area contributed by atoms with Gasteiger partial charge in [0.25, 0.3) is 0 Å². The van der Waals surface area contributed by atoms with Crippen LogP contribution in [0.4, 0.5) is 0 Å². The molecule has 1 aliphatic rings. The molecule has 0 radical (unpaired) electrons. The average molecular weight is 184 g/mol. The van der Waals surface area contributed by atoms with Gasteiger partial charge in [0.05, 0.1) is 26.9 Å². The molecule has 0 saturated carbocycles. The van der Waals surface area contributed by atoms with Crippen LogP contribution >= 0.6 is 7.55 Å². The molecule has 1 aliphatic heterocycles. The van der Waals surface area contributed by atoms with E-state index < -0.39 is 0 Å². The van der Waals surface area contributed by atoms with Crippen molar-refractivity contribution in [2.45, 2.75) is 13.8 Å². The summed E-state index contributed by atoms with van der Waals surface area (Å²) in [5.41, 5.74) is 1.30. The monoisotopic (exact) mass is 184 g/mol. The van der Waals surface area contributed by atoms with Gasteiger partial charge in [-0.2, -0.15) is 0 Å². The SMILES string of the molecule is C=C(C(C)C)N1CC[P+](=C)CC1. The first-order valence-electron chi connectivity index (χ1n) is 4.60. The van der Waals surface area contributed by atoms with Crippen molar-refractivity contribution in [3.8, 4) is 0 Å². The molecule has 2 heteroatoms. The van der Waals surface area contributed by atoms with Gasteiger partial charge in [0, 0.05) is 5.70 Å². The molecular formula is C10H19NP+. The smallest absolute Gasteiger partial charge is 0.123 e. The average Bonchev–Trinajstić information content (AvgIpc) is 2.04. The van der Waals surface area contributed by atoms with Gasteiger partial charge in [-0.05, 0) is 5.92 Å². The van der Waals surface area contributed by atoms with Gasteiger partial charge in [0.15, 0.2) is 0 Å². The van der Waals surface area contributed by atoms with Gasteiger partial charge in [-0.3, -0.25) is 0 Å². The Kier molecular flexibility index (Phi) is 3.34. The van der Waals surface area contributed by atoms with Crippen molar-refractivity contribution in [1.82, 2.24) is 4.90 Å². The third kappa shape index (κ3) is 2.35. The summed E-state index contributed by atoms with van der Waals surface area (Å²) in [6, 6.07) is 0. The Morgan fingerprint density at radius 2 is 1.83 bits per heavy atom. The molecule has 1 nitrogen and oxygen atoms in total. The molecule has 0 bridgehead atoms. The highest BCUT2D eigenvalue weighted by molar-refractivity contribution is 7.55. The van der Waals surface area contributed by atoms with E-state index in [2.05, 4.69) is 31.6 Å². The zero-order chi connectivity index (χ0) is 9.14.